The summed E-state index contributed by atoms with van der Waals surface area (Å²) in [6, 6.07) is 5.95. The van der Waals surface area contributed by atoms with Gasteiger partial charge in [-0.05, 0) is 24.3 Å². The Kier molecular flexibility index (Phi) is 2.76. The molecule has 3 rings (SSSR count). The summed E-state index contributed by atoms with van der Waals surface area (Å²) in [6.07, 6.45) is 1.33. The van der Waals surface area contributed by atoms with E-state index in [-0.39, 0.29) is 21.9 Å². The molecule has 0 bridgehead atoms. The Morgan fingerprint density at radius 1 is 1.25 bits per heavy atom. The number of hydrogen-bond acceptors (Lipinski definition) is 2. The molecule has 2 heterocycles. The van der Waals surface area contributed by atoms with Crippen molar-refractivity contribution in [3.8, 4) is 0 Å². The van der Waals surface area contributed by atoms with Crippen molar-refractivity contribution in [2.75, 3.05) is 0 Å². The van der Waals surface area contributed by atoms with E-state index in [1.807, 2.05) is 0 Å². The third kappa shape index (κ3) is 1.94. The smallest absolute Gasteiger partial charge is 0.274 e. The molecular formula is C14H9ClF2N2O. The second-order valence-corrected chi connectivity index (χ2v) is 5.04. The van der Waals surface area contributed by atoms with Gasteiger partial charge in [-0.3, -0.25) is 4.79 Å². The lowest BCUT2D eigenvalue weighted by Crippen LogP contribution is -2.14. The summed E-state index contributed by atoms with van der Waals surface area (Å²) >= 11 is 5.88. The average molecular weight is 295 g/mol. The number of aromatic nitrogens is 2. The predicted octanol–water partition coefficient (Wildman–Crippen LogP) is 3.84. The summed E-state index contributed by atoms with van der Waals surface area (Å²) in [5.74, 6) is -3.11. The number of halogens is 3. The zero-order valence-corrected chi connectivity index (χ0v) is 11.1. The third-order valence-corrected chi connectivity index (χ3v) is 3.34. The van der Waals surface area contributed by atoms with Crippen molar-refractivity contribution >= 4 is 33.4 Å². The maximum absolute atomic E-state index is 14.0. The lowest BCUT2D eigenvalue weighted by Gasteiger charge is -2.16. The Labute approximate surface area is 117 Å². The fourth-order valence-electron chi connectivity index (χ4n) is 2.33. The van der Waals surface area contributed by atoms with Crippen molar-refractivity contribution in [1.82, 2.24) is 9.97 Å². The van der Waals surface area contributed by atoms with E-state index in [9.17, 15) is 13.6 Å². The molecule has 3 aromatic rings. The molecule has 2 aromatic heterocycles. The monoisotopic (exact) mass is 294 g/mol. The van der Waals surface area contributed by atoms with Gasteiger partial charge in [-0.1, -0.05) is 11.6 Å². The van der Waals surface area contributed by atoms with E-state index in [1.165, 1.54) is 24.4 Å². The molecule has 0 aliphatic rings. The van der Waals surface area contributed by atoms with Crippen LogP contribution in [0.4, 0.5) is 8.78 Å². The first-order valence-electron chi connectivity index (χ1n) is 5.87. The van der Waals surface area contributed by atoms with Crippen LogP contribution in [-0.2, 0) is 5.92 Å². The highest BCUT2D eigenvalue weighted by molar-refractivity contribution is 6.31. The van der Waals surface area contributed by atoms with Gasteiger partial charge in [-0.2, -0.15) is 0 Å². The van der Waals surface area contributed by atoms with E-state index in [4.69, 9.17) is 11.6 Å². The normalized spacial score (nSPS) is 12.2. The van der Waals surface area contributed by atoms with Crippen LogP contribution in [0.1, 0.15) is 12.5 Å². The zero-order valence-electron chi connectivity index (χ0n) is 10.4. The van der Waals surface area contributed by atoms with Crippen LogP contribution < -0.4 is 5.56 Å². The molecule has 0 unspecified atom stereocenters. The summed E-state index contributed by atoms with van der Waals surface area (Å²) in [4.78, 5) is 18.4. The fourth-order valence-corrected chi connectivity index (χ4v) is 2.50. The van der Waals surface area contributed by atoms with Crippen LogP contribution in [0.5, 0.6) is 0 Å². The number of H-pyrrole nitrogens is 1. The van der Waals surface area contributed by atoms with Crippen molar-refractivity contribution in [3.05, 3.63) is 51.4 Å². The lowest BCUT2D eigenvalue weighted by atomic mass is 9.99. The second kappa shape index (κ2) is 4.24. The van der Waals surface area contributed by atoms with Crippen LogP contribution >= 0.6 is 11.6 Å². The molecule has 0 amide bonds. The van der Waals surface area contributed by atoms with Crippen LogP contribution in [0.25, 0.3) is 21.8 Å². The molecule has 20 heavy (non-hydrogen) atoms. The van der Waals surface area contributed by atoms with Crippen molar-refractivity contribution in [3.63, 3.8) is 0 Å². The first kappa shape index (κ1) is 13.0. The highest BCUT2D eigenvalue weighted by Gasteiger charge is 2.30. The maximum Gasteiger partial charge on any atom is 0.274 e. The van der Waals surface area contributed by atoms with Gasteiger partial charge in [-0.15, -0.1) is 0 Å². The number of fused-ring (bicyclic) bond motifs is 2. The number of alkyl halides is 2. The largest absolute Gasteiger partial charge is 0.327 e. The zero-order chi connectivity index (χ0) is 14.5. The van der Waals surface area contributed by atoms with Crippen molar-refractivity contribution < 1.29 is 8.78 Å². The molecule has 102 valence electrons. The van der Waals surface area contributed by atoms with Crippen LogP contribution in [0.3, 0.4) is 0 Å². The van der Waals surface area contributed by atoms with Gasteiger partial charge in [0, 0.05) is 34.5 Å². The van der Waals surface area contributed by atoms with Gasteiger partial charge < -0.3 is 4.98 Å². The quantitative estimate of drug-likeness (QED) is 0.693. The van der Waals surface area contributed by atoms with Gasteiger partial charge in [0.15, 0.2) is 0 Å². The minimum absolute atomic E-state index is 0.00107. The molecule has 0 fully saturated rings. The van der Waals surface area contributed by atoms with E-state index >= 15 is 0 Å². The summed E-state index contributed by atoms with van der Waals surface area (Å²) in [5, 5.41) is 0.730. The molecule has 1 N–H and O–H groups in total. The molecule has 3 nitrogen and oxygen atoms in total. The topological polar surface area (TPSA) is 45.8 Å². The van der Waals surface area contributed by atoms with Crippen LogP contribution in [0.2, 0.25) is 5.02 Å². The molecule has 0 saturated carbocycles. The average Bonchev–Trinajstić information content (AvgIpc) is 2.35. The Morgan fingerprint density at radius 3 is 2.70 bits per heavy atom. The van der Waals surface area contributed by atoms with Gasteiger partial charge in [0.05, 0.1) is 5.52 Å². The molecule has 0 spiro atoms. The molecule has 6 heteroatoms. The van der Waals surface area contributed by atoms with Gasteiger partial charge in [0.2, 0.25) is 0 Å². The second-order valence-electron chi connectivity index (χ2n) is 4.61. The van der Waals surface area contributed by atoms with Crippen LogP contribution in [0, 0.1) is 0 Å². The maximum atomic E-state index is 14.0. The summed E-state index contributed by atoms with van der Waals surface area (Å²) in [7, 11) is 0. The summed E-state index contributed by atoms with van der Waals surface area (Å²) in [6.45, 7) is 0.795. The van der Waals surface area contributed by atoms with E-state index in [1.54, 1.807) is 6.07 Å². The molecule has 1 aromatic carbocycles. The molecule has 0 aliphatic heterocycles. The molecule has 0 aliphatic carbocycles. The molecule has 0 saturated heterocycles. The number of benzene rings is 1. The third-order valence-electron chi connectivity index (χ3n) is 3.10. The van der Waals surface area contributed by atoms with Crippen molar-refractivity contribution in [2.45, 2.75) is 12.8 Å². The highest BCUT2D eigenvalue weighted by Crippen LogP contribution is 2.37. The van der Waals surface area contributed by atoms with E-state index < -0.39 is 11.5 Å². The Hall–Kier alpha value is -2.01. The predicted molar refractivity (Wildman–Crippen MR) is 74.4 cm³/mol. The summed E-state index contributed by atoms with van der Waals surface area (Å²) in [5.41, 5.74) is -0.412. The first-order valence-corrected chi connectivity index (χ1v) is 6.24. The number of rotatable bonds is 1. The van der Waals surface area contributed by atoms with Crippen LogP contribution in [-0.4, -0.2) is 9.97 Å². The molecular weight excluding hydrogens is 286 g/mol. The molecule has 0 atom stereocenters. The Bertz CT molecular complexity index is 884. The number of aromatic amines is 1. The Morgan fingerprint density at radius 2 is 2.00 bits per heavy atom. The minimum Gasteiger partial charge on any atom is -0.327 e. The number of nitrogens with zero attached hydrogens (tertiary/aromatic N) is 1. The van der Waals surface area contributed by atoms with E-state index in [2.05, 4.69) is 9.97 Å². The summed E-state index contributed by atoms with van der Waals surface area (Å²) < 4.78 is 28.0. The highest BCUT2D eigenvalue weighted by atomic mass is 35.5. The minimum atomic E-state index is -3.11. The SMILES string of the molecule is CC(F)(F)c1c2cc(Cl)ccc2nc2c(=O)[nH]ccc12. The first-order chi connectivity index (χ1) is 9.38. The number of pyridine rings is 2. The van der Waals surface area contributed by atoms with E-state index in [0.717, 1.165) is 6.92 Å². The van der Waals surface area contributed by atoms with Gasteiger partial charge >= 0.3 is 0 Å². The lowest BCUT2D eigenvalue weighted by molar-refractivity contribution is 0.0206. The number of nitrogens with one attached hydrogen (secondary N) is 1. The van der Waals surface area contributed by atoms with Gasteiger partial charge in [0.25, 0.3) is 11.5 Å². The molecule has 0 radical (unpaired) electrons. The van der Waals surface area contributed by atoms with Crippen molar-refractivity contribution in [2.24, 2.45) is 0 Å². The Balaban J connectivity index is 2.65. The van der Waals surface area contributed by atoms with Gasteiger partial charge in [-0.25, -0.2) is 13.8 Å². The van der Waals surface area contributed by atoms with Gasteiger partial charge in [0.1, 0.15) is 5.52 Å². The number of hydrogen-bond donors (Lipinski definition) is 1. The van der Waals surface area contributed by atoms with E-state index in [0.29, 0.717) is 10.5 Å². The van der Waals surface area contributed by atoms with Crippen LogP contribution in [0.15, 0.2) is 35.3 Å². The fraction of sp³-hybridized carbons (Fsp3) is 0.143. The standard InChI is InChI=1S/C14H9ClF2N2O/c1-14(16,17)11-8-4-5-18-13(20)12(8)19-10-3-2-7(15)6-9(10)11/h2-6H,1H3,(H,18,20). The van der Waals surface area contributed by atoms with Crippen molar-refractivity contribution in [1.29, 1.82) is 0 Å².